The molecule has 0 saturated carbocycles. The number of urea groups is 1. The molecule has 11 N–H and O–H groups in total. The van der Waals surface area contributed by atoms with Crippen LogP contribution in [0.1, 0.15) is 112 Å². The number of aromatic hydroxyl groups is 1. The Morgan fingerprint density at radius 3 is 2.21 bits per heavy atom. The van der Waals surface area contributed by atoms with E-state index in [2.05, 4.69) is 26.6 Å². The van der Waals surface area contributed by atoms with Gasteiger partial charge in [0.2, 0.25) is 28.6 Å². The van der Waals surface area contributed by atoms with Gasteiger partial charge < -0.3 is 76.6 Å². The van der Waals surface area contributed by atoms with Crippen LogP contribution in [0, 0.1) is 42.4 Å². The number of esters is 1. The maximum Gasteiger partial charge on any atom is 0.312 e. The molecule has 5 aromatic rings. The number of ketones is 1. The third-order valence-electron chi connectivity index (χ3n) is 20.2. The number of benzene rings is 4. The van der Waals surface area contributed by atoms with Crippen molar-refractivity contribution in [3.63, 3.8) is 0 Å². The van der Waals surface area contributed by atoms with Crippen LogP contribution in [0.2, 0.25) is 0 Å². The van der Waals surface area contributed by atoms with Gasteiger partial charge in [0.15, 0.2) is 11.5 Å². The lowest BCUT2D eigenvalue weighted by atomic mass is 9.78. The van der Waals surface area contributed by atoms with Gasteiger partial charge in [-0.2, -0.15) is 0 Å². The number of aliphatic hydroxyl groups excluding tert-OH is 3. The molecule has 4 aromatic carbocycles. The van der Waals surface area contributed by atoms with E-state index in [4.69, 9.17) is 29.7 Å². The lowest BCUT2D eigenvalue weighted by molar-refractivity contribution is -0.160. The zero-order valence-corrected chi connectivity index (χ0v) is 61.4. The summed E-state index contributed by atoms with van der Waals surface area (Å²) in [5, 5.41) is 61.4. The van der Waals surface area contributed by atoms with E-state index in [1.165, 1.54) is 59.3 Å². The van der Waals surface area contributed by atoms with Crippen molar-refractivity contribution in [1.82, 2.24) is 31.2 Å². The molecule has 5 heterocycles. The van der Waals surface area contributed by atoms with Gasteiger partial charge >= 0.3 is 17.8 Å². The molecule has 1 saturated heterocycles. The molecule has 0 spiro atoms. The Labute approximate surface area is 610 Å². The second-order valence-corrected chi connectivity index (χ2v) is 29.1. The Hall–Kier alpha value is -10.1. The minimum absolute atomic E-state index is 0.0124. The predicted octanol–water partition coefficient (Wildman–Crippen LogP) is 5.32. The number of allylic oxidation sites excluding steroid dienone is 2. The molecule has 105 heavy (non-hydrogen) atoms. The number of hydrogen-bond acceptors (Lipinski definition) is 22. The number of carbonyl (C=O) groups excluding carboxylic acids is 9. The maximum atomic E-state index is 15.3. The van der Waals surface area contributed by atoms with Gasteiger partial charge in [0.05, 0.1) is 56.1 Å². The number of nitrogens with two attached hydrogens (primary N) is 1. The van der Waals surface area contributed by atoms with Crippen molar-refractivity contribution >= 4 is 113 Å². The first-order valence-electron chi connectivity index (χ1n) is 35.2. The second kappa shape index (κ2) is 33.8. The number of phenols is 1. The van der Waals surface area contributed by atoms with E-state index in [0.29, 0.717) is 37.2 Å². The van der Waals surface area contributed by atoms with E-state index < -0.39 is 159 Å². The molecule has 4 aliphatic heterocycles. The molecule has 8 amide bonds. The largest absolute Gasteiger partial charge is 0.507 e. The van der Waals surface area contributed by atoms with E-state index in [1.807, 2.05) is 4.90 Å². The van der Waals surface area contributed by atoms with Crippen molar-refractivity contribution in [3.8, 4) is 11.5 Å². The molecule has 29 heteroatoms. The summed E-state index contributed by atoms with van der Waals surface area (Å²) < 4.78 is 24.6. The van der Waals surface area contributed by atoms with Crippen LogP contribution in [-0.4, -0.2) is 165 Å². The molecule has 28 nitrogen and oxygen atoms in total. The smallest absolute Gasteiger partial charge is 0.312 e. The van der Waals surface area contributed by atoms with E-state index in [-0.39, 0.29) is 104 Å². The van der Waals surface area contributed by atoms with Crippen molar-refractivity contribution in [2.24, 2.45) is 41.2 Å². The van der Waals surface area contributed by atoms with Crippen LogP contribution in [-0.2, 0) is 59.0 Å². The molecular weight excluding hydrogens is 1370 g/mol. The number of fused-ring (bicyclic) bond motifs is 2. The lowest BCUT2D eigenvalue weighted by Gasteiger charge is -2.38. The Bertz CT molecular complexity index is 4510. The molecule has 562 valence electrons. The monoisotopic (exact) mass is 1470 g/mol. The molecule has 12 atom stereocenters. The Morgan fingerprint density at radius 2 is 1.56 bits per heavy atom. The number of aromatic nitrogens is 1. The third-order valence-corrected chi connectivity index (χ3v) is 21.3. The van der Waals surface area contributed by atoms with Crippen LogP contribution >= 0.6 is 11.3 Å². The zero-order valence-electron chi connectivity index (χ0n) is 60.6. The maximum absolute atomic E-state index is 15.3. The number of nitrogens with zero attached hydrogens (tertiary/aromatic N) is 3. The Kier molecular flexibility index (Phi) is 25.4. The highest BCUT2D eigenvalue weighted by atomic mass is 32.1. The summed E-state index contributed by atoms with van der Waals surface area (Å²) in [7, 11) is 1.42. The average Bonchev–Trinajstić information content (AvgIpc) is 1.69. The van der Waals surface area contributed by atoms with Crippen LogP contribution in [0.4, 0.5) is 16.2 Å². The summed E-state index contributed by atoms with van der Waals surface area (Å²) in [5.74, 6) is -12.3. The third kappa shape index (κ3) is 17.8. The molecule has 0 aliphatic carbocycles. The number of phenolic OH excluding ortho intramolecular Hbond substituents is 1. The highest BCUT2D eigenvalue weighted by molar-refractivity contribution is 7.25. The molecule has 4 bridgehead atoms. The van der Waals surface area contributed by atoms with E-state index in [0.717, 1.165) is 28.4 Å². The molecule has 9 rings (SSSR count). The number of hydrogen-bond donors (Lipinski definition) is 10. The Morgan fingerprint density at radius 1 is 0.876 bits per heavy atom. The van der Waals surface area contributed by atoms with Crippen LogP contribution < -0.4 is 58.0 Å². The topological polar surface area (TPSA) is 411 Å². The summed E-state index contributed by atoms with van der Waals surface area (Å²) >= 11 is 0.953. The van der Waals surface area contributed by atoms with Gasteiger partial charge in [-0.3, -0.25) is 52.8 Å². The number of ether oxygens (including phenoxy) is 4. The van der Waals surface area contributed by atoms with E-state index in [1.54, 1.807) is 90.1 Å². The fraction of sp³-hybridized carbons (Fsp3) is 0.474. The van der Waals surface area contributed by atoms with Crippen LogP contribution in [0.25, 0.3) is 37.0 Å². The fourth-order valence-corrected chi connectivity index (χ4v) is 15.1. The highest BCUT2D eigenvalue weighted by Gasteiger charge is 2.45. The fourth-order valence-electron chi connectivity index (χ4n) is 14.0. The van der Waals surface area contributed by atoms with Crippen molar-refractivity contribution in [3.05, 3.63) is 128 Å². The number of carbonyl (C=O) groups is 9. The second-order valence-electron chi connectivity index (χ2n) is 28.1. The number of amides is 8. The first-order valence-corrected chi connectivity index (χ1v) is 36.0. The average molecular weight is 1470 g/mol. The normalized spacial score (nSPS) is 24.5. The molecule has 0 unspecified atom stereocenters. The molecule has 1 fully saturated rings. The van der Waals surface area contributed by atoms with E-state index >= 15 is 4.79 Å². The Balaban J connectivity index is 1.02. The number of anilines is 2. The number of nitrogens with one attached hydrogen (secondary N) is 5. The molecule has 0 radical (unpaired) electrons. The molecular formula is C76H93N9O19S. The van der Waals surface area contributed by atoms with Crippen molar-refractivity contribution in [2.45, 2.75) is 163 Å². The lowest BCUT2D eigenvalue weighted by Crippen LogP contribution is -2.54. The van der Waals surface area contributed by atoms with Gasteiger partial charge in [-0.15, -0.1) is 11.3 Å². The minimum atomic E-state index is -2.06. The summed E-state index contributed by atoms with van der Waals surface area (Å²) in [6.45, 7) is 16.3. The number of Topliss-reactive ketones (excluding diaryl/α,β-unsaturated/α-hetero) is 1. The SMILES string of the molecule is CO[C@H]1/C=C/O[C@@]2(C)Oc3c(C)c(O)c4c(=O)c(c5sc6cc(N7CCC(NC(=O)[C@H](Cc8ccccc8)NC(=O)[C@H](CCCNC(N)=O)CC(=O)[C@@H](NC(=O)CCN8C(=O)C=CC8=O)C(C)C)CC7)cc(=O)c6nc5c4c3=C2O)NC(=O)/C(C)=C\C=C\[C@H](C)[C@H](O)[C@@H](C)[C@@H](O)[C@@H](C)[C@H](OC(C)=O)[C@@H]1C. The predicted molar refractivity (Wildman–Crippen MR) is 393 cm³/mol. The van der Waals surface area contributed by atoms with Crippen LogP contribution in [0.5, 0.6) is 11.5 Å². The number of rotatable bonds is 21. The quantitative estimate of drug-likeness (QED) is 0.0146. The van der Waals surface area contributed by atoms with Gasteiger partial charge in [0.25, 0.3) is 17.7 Å². The minimum Gasteiger partial charge on any atom is -0.507 e. The van der Waals surface area contributed by atoms with Gasteiger partial charge in [-0.1, -0.05) is 90.1 Å². The zero-order chi connectivity index (χ0) is 76.6. The van der Waals surface area contributed by atoms with Crippen LogP contribution in [0.15, 0.2) is 100 Å². The standard InChI is InChI=1S/C76H93N9O19S/c1-37(2)60(81-54(89)26-31-85-55(90)22-23-56(85)91)50(87)34-46(21-16-28-78-75(77)100)73(98)80-49(33-45-19-13-12-14-20-45)74(99)79-47-24-29-84(30-25-47)48-35-51(88)61-53(36-48)105-70-62(82-61)57-58-66(94)43(8)69-59(57)71(96)76(10,104-69)102-32-27-52(101-11)40(5)68(103-44(9)86)42(7)65(93)41(6)64(92)38(3)17-15-18-39(4)72(97)83-63(70)67(58)95/h12-15,17-20,22-23,27,32,35-38,40-42,46-47,49,52,60,64-65,68,92-94,96H,16,21,24-26,28-31,33-34H2,1-11H3,(H,79,99)(H,80,98)(H,81,89)(H,83,97)(H3,77,78,100)/b17-15+,32-27+,39-18-/t38-,40+,41+,42+,46+,49-,52-,60-,64-,65+,68+,76-/m0/s1. The molecule has 4 aliphatic rings. The summed E-state index contributed by atoms with van der Waals surface area (Å²) in [4.78, 5) is 157. The summed E-state index contributed by atoms with van der Waals surface area (Å²) in [5.41, 5.74) is 4.76. The first-order chi connectivity index (χ1) is 49.7. The van der Waals surface area contributed by atoms with Crippen LogP contribution in [0.3, 0.4) is 0 Å². The number of primary amides is 1. The van der Waals surface area contributed by atoms with Gasteiger partial charge in [-0.05, 0) is 63.2 Å². The van der Waals surface area contributed by atoms with Gasteiger partial charge in [0.1, 0.15) is 34.8 Å². The van der Waals surface area contributed by atoms with Crippen molar-refractivity contribution < 1.29 is 82.5 Å². The van der Waals surface area contributed by atoms with Gasteiger partial charge in [0, 0.05) is 142 Å². The number of aliphatic hydroxyl groups is 3. The highest BCUT2D eigenvalue weighted by Crippen LogP contribution is 2.44. The number of methoxy groups -OCH3 is 1. The molecule has 1 aromatic heterocycles. The summed E-state index contributed by atoms with van der Waals surface area (Å²) in [6.07, 6.45) is 5.82. The summed E-state index contributed by atoms with van der Waals surface area (Å²) in [6, 6.07) is 8.63. The van der Waals surface area contributed by atoms with Crippen molar-refractivity contribution in [1.29, 1.82) is 0 Å². The number of piperidine rings is 1. The van der Waals surface area contributed by atoms with Crippen molar-refractivity contribution in [2.75, 3.05) is 43.5 Å². The van der Waals surface area contributed by atoms with Gasteiger partial charge in [-0.25, -0.2) is 9.78 Å². The first kappa shape index (κ1) is 79.0. The van der Waals surface area contributed by atoms with E-state index in [9.17, 15) is 68.4 Å². The number of imide groups is 1.